The van der Waals surface area contributed by atoms with Gasteiger partial charge in [0.2, 0.25) is 0 Å². The highest BCUT2D eigenvalue weighted by Crippen LogP contribution is 2.18. The van der Waals surface area contributed by atoms with Crippen molar-refractivity contribution in [3.8, 4) is 0 Å². The van der Waals surface area contributed by atoms with Gasteiger partial charge in [0.1, 0.15) is 0 Å². The molecule has 1 N–H and O–H groups in total. The van der Waals surface area contributed by atoms with Crippen LogP contribution in [0.15, 0.2) is 48.5 Å². The standard InChI is InChI=1S/C18H19NO2/c1-12(2)14-8-10-15(11-9-14)18(21)19-17-7-5-4-6-16(17)13(3)20/h4-12H,1-3H3,(H,19,21). The largest absolute Gasteiger partial charge is 0.321 e. The molecule has 3 heteroatoms. The van der Waals surface area contributed by atoms with Gasteiger partial charge < -0.3 is 5.32 Å². The van der Waals surface area contributed by atoms with E-state index in [2.05, 4.69) is 19.2 Å². The van der Waals surface area contributed by atoms with Crippen molar-refractivity contribution in [2.75, 3.05) is 5.32 Å². The molecule has 0 aliphatic heterocycles. The Morgan fingerprint density at radius 2 is 1.57 bits per heavy atom. The molecule has 0 spiro atoms. The van der Waals surface area contributed by atoms with Crippen molar-refractivity contribution in [1.82, 2.24) is 0 Å². The number of anilines is 1. The van der Waals surface area contributed by atoms with Gasteiger partial charge in [0.15, 0.2) is 5.78 Å². The number of Topliss-reactive ketones (excluding diaryl/α,β-unsaturated/α-hetero) is 1. The Hall–Kier alpha value is -2.42. The van der Waals surface area contributed by atoms with Crippen LogP contribution in [-0.2, 0) is 0 Å². The number of rotatable bonds is 4. The summed E-state index contributed by atoms with van der Waals surface area (Å²) >= 11 is 0. The molecular weight excluding hydrogens is 262 g/mol. The molecule has 0 aromatic heterocycles. The summed E-state index contributed by atoms with van der Waals surface area (Å²) < 4.78 is 0. The van der Waals surface area contributed by atoms with Crippen LogP contribution in [0.4, 0.5) is 5.69 Å². The Balaban J connectivity index is 2.20. The Morgan fingerprint density at radius 3 is 2.14 bits per heavy atom. The summed E-state index contributed by atoms with van der Waals surface area (Å²) in [6.45, 7) is 5.71. The molecule has 2 aromatic rings. The van der Waals surface area contributed by atoms with E-state index in [9.17, 15) is 9.59 Å². The molecule has 2 rings (SSSR count). The Bertz CT molecular complexity index is 657. The molecule has 0 bridgehead atoms. The fraction of sp³-hybridized carbons (Fsp3) is 0.222. The van der Waals surface area contributed by atoms with E-state index in [1.807, 2.05) is 12.1 Å². The predicted molar refractivity (Wildman–Crippen MR) is 84.9 cm³/mol. The molecule has 0 saturated carbocycles. The Labute approximate surface area is 125 Å². The monoisotopic (exact) mass is 281 g/mol. The summed E-state index contributed by atoms with van der Waals surface area (Å²) in [5, 5.41) is 2.80. The number of amides is 1. The highest BCUT2D eigenvalue weighted by Gasteiger charge is 2.11. The second kappa shape index (κ2) is 6.35. The lowest BCUT2D eigenvalue weighted by Gasteiger charge is -2.10. The van der Waals surface area contributed by atoms with Gasteiger partial charge >= 0.3 is 0 Å². The van der Waals surface area contributed by atoms with E-state index in [0.717, 1.165) is 0 Å². The number of ketones is 1. The molecule has 21 heavy (non-hydrogen) atoms. The van der Waals surface area contributed by atoms with Crippen molar-refractivity contribution in [1.29, 1.82) is 0 Å². The molecule has 0 unspecified atom stereocenters. The molecular formula is C18H19NO2. The maximum absolute atomic E-state index is 12.2. The third-order valence-electron chi connectivity index (χ3n) is 3.39. The van der Waals surface area contributed by atoms with E-state index in [1.165, 1.54) is 12.5 Å². The fourth-order valence-electron chi connectivity index (χ4n) is 2.11. The van der Waals surface area contributed by atoms with Crippen LogP contribution >= 0.6 is 0 Å². The highest BCUT2D eigenvalue weighted by molar-refractivity contribution is 6.08. The average molecular weight is 281 g/mol. The molecule has 0 radical (unpaired) electrons. The van der Waals surface area contributed by atoms with Crippen LogP contribution in [-0.4, -0.2) is 11.7 Å². The zero-order valence-corrected chi connectivity index (χ0v) is 12.5. The van der Waals surface area contributed by atoms with Crippen LogP contribution in [0.5, 0.6) is 0 Å². The van der Waals surface area contributed by atoms with Crippen LogP contribution in [0.1, 0.15) is 53.0 Å². The van der Waals surface area contributed by atoms with Crippen LogP contribution in [0.2, 0.25) is 0 Å². The fourth-order valence-corrected chi connectivity index (χ4v) is 2.11. The van der Waals surface area contributed by atoms with Gasteiger partial charge in [0, 0.05) is 11.1 Å². The summed E-state index contributed by atoms with van der Waals surface area (Å²) in [6.07, 6.45) is 0. The minimum Gasteiger partial charge on any atom is -0.321 e. The van der Waals surface area contributed by atoms with Crippen LogP contribution in [0.3, 0.4) is 0 Å². The first-order chi connectivity index (χ1) is 9.99. The van der Waals surface area contributed by atoms with Gasteiger partial charge in [-0.15, -0.1) is 0 Å². The maximum Gasteiger partial charge on any atom is 0.255 e. The van der Waals surface area contributed by atoms with E-state index < -0.39 is 0 Å². The first-order valence-corrected chi connectivity index (χ1v) is 7.00. The van der Waals surface area contributed by atoms with Gasteiger partial charge in [-0.3, -0.25) is 9.59 Å². The van der Waals surface area contributed by atoms with Gasteiger partial charge in [-0.25, -0.2) is 0 Å². The lowest BCUT2D eigenvalue weighted by molar-refractivity contribution is 0.101. The number of carbonyl (C=O) groups is 2. The SMILES string of the molecule is CC(=O)c1ccccc1NC(=O)c1ccc(C(C)C)cc1. The Kier molecular flexibility index (Phi) is 4.53. The Morgan fingerprint density at radius 1 is 0.952 bits per heavy atom. The van der Waals surface area contributed by atoms with Gasteiger partial charge in [-0.05, 0) is 42.7 Å². The summed E-state index contributed by atoms with van der Waals surface area (Å²) in [4.78, 5) is 23.8. The quantitative estimate of drug-likeness (QED) is 0.851. The number of hydrogen-bond donors (Lipinski definition) is 1. The lowest BCUT2D eigenvalue weighted by atomic mass is 10.0. The van der Waals surface area contributed by atoms with Crippen LogP contribution in [0, 0.1) is 0 Å². The van der Waals surface area contributed by atoms with E-state index in [-0.39, 0.29) is 11.7 Å². The van der Waals surface area contributed by atoms with Crippen molar-refractivity contribution in [3.05, 3.63) is 65.2 Å². The van der Waals surface area contributed by atoms with Crippen molar-refractivity contribution in [3.63, 3.8) is 0 Å². The van der Waals surface area contributed by atoms with Crippen molar-refractivity contribution < 1.29 is 9.59 Å². The lowest BCUT2D eigenvalue weighted by Crippen LogP contribution is -2.14. The molecule has 108 valence electrons. The van der Waals surface area contributed by atoms with Crippen molar-refractivity contribution >= 4 is 17.4 Å². The van der Waals surface area contributed by atoms with E-state index >= 15 is 0 Å². The van der Waals surface area contributed by atoms with E-state index in [1.54, 1.807) is 36.4 Å². The number of para-hydroxylation sites is 1. The minimum absolute atomic E-state index is 0.0685. The number of benzene rings is 2. The normalized spacial score (nSPS) is 10.5. The molecule has 0 heterocycles. The van der Waals surface area contributed by atoms with E-state index in [4.69, 9.17) is 0 Å². The molecule has 0 atom stereocenters. The molecule has 3 nitrogen and oxygen atoms in total. The summed E-state index contributed by atoms with van der Waals surface area (Å²) in [5.74, 6) is 0.153. The van der Waals surface area contributed by atoms with Gasteiger partial charge in [-0.2, -0.15) is 0 Å². The number of carbonyl (C=O) groups excluding carboxylic acids is 2. The molecule has 0 fully saturated rings. The maximum atomic E-state index is 12.2. The smallest absolute Gasteiger partial charge is 0.255 e. The summed E-state index contributed by atoms with van der Waals surface area (Å²) in [6, 6.07) is 14.5. The topological polar surface area (TPSA) is 46.2 Å². The van der Waals surface area contributed by atoms with Crippen molar-refractivity contribution in [2.24, 2.45) is 0 Å². The van der Waals surface area contributed by atoms with Gasteiger partial charge in [0.25, 0.3) is 5.91 Å². The number of nitrogens with one attached hydrogen (secondary N) is 1. The molecule has 0 aliphatic rings. The number of hydrogen-bond acceptors (Lipinski definition) is 2. The average Bonchev–Trinajstić information content (AvgIpc) is 2.47. The van der Waals surface area contributed by atoms with Crippen molar-refractivity contribution in [2.45, 2.75) is 26.7 Å². The van der Waals surface area contributed by atoms with Crippen LogP contribution < -0.4 is 5.32 Å². The first kappa shape index (κ1) is 15.0. The highest BCUT2D eigenvalue weighted by atomic mass is 16.1. The minimum atomic E-state index is -0.209. The first-order valence-electron chi connectivity index (χ1n) is 7.00. The molecule has 0 aliphatic carbocycles. The predicted octanol–water partition coefficient (Wildman–Crippen LogP) is 4.26. The molecule has 1 amide bonds. The second-order valence-corrected chi connectivity index (χ2v) is 5.33. The van der Waals surface area contributed by atoms with Gasteiger partial charge in [0.05, 0.1) is 5.69 Å². The molecule has 2 aromatic carbocycles. The zero-order valence-electron chi connectivity index (χ0n) is 12.5. The van der Waals surface area contributed by atoms with Gasteiger partial charge in [-0.1, -0.05) is 38.1 Å². The zero-order chi connectivity index (χ0) is 15.4. The summed E-state index contributed by atoms with van der Waals surface area (Å²) in [5.41, 5.74) is 2.83. The molecule has 0 saturated heterocycles. The summed E-state index contributed by atoms with van der Waals surface area (Å²) in [7, 11) is 0. The second-order valence-electron chi connectivity index (χ2n) is 5.33. The van der Waals surface area contributed by atoms with E-state index in [0.29, 0.717) is 22.7 Å². The van der Waals surface area contributed by atoms with Crippen LogP contribution in [0.25, 0.3) is 0 Å². The third-order valence-corrected chi connectivity index (χ3v) is 3.39. The third kappa shape index (κ3) is 3.57.